The van der Waals surface area contributed by atoms with Gasteiger partial charge in [-0.3, -0.25) is 4.79 Å². The highest BCUT2D eigenvalue weighted by molar-refractivity contribution is 5.73. The van der Waals surface area contributed by atoms with Crippen molar-refractivity contribution in [2.45, 2.75) is 32.6 Å². The minimum absolute atomic E-state index is 0.171. The summed E-state index contributed by atoms with van der Waals surface area (Å²) in [7, 11) is 1.65. The molecule has 0 saturated carbocycles. The van der Waals surface area contributed by atoms with E-state index in [2.05, 4.69) is 6.07 Å². The maximum Gasteiger partial charge on any atom is 0.219 e. The summed E-state index contributed by atoms with van der Waals surface area (Å²) < 4.78 is 5.33. The van der Waals surface area contributed by atoms with E-state index in [9.17, 15) is 4.79 Å². The third-order valence-electron chi connectivity index (χ3n) is 4.00. The Morgan fingerprint density at radius 3 is 2.53 bits per heavy atom. The fourth-order valence-electron chi connectivity index (χ4n) is 2.73. The normalized spacial score (nSPS) is 16.5. The van der Waals surface area contributed by atoms with E-state index in [0.29, 0.717) is 11.6 Å². The standard InChI is InChI=1S/C15H22N2O2/c1-10-8-13(9-14(19-3)15(10)16)12-4-6-17(7-5-12)11(2)18/h8-9,12H,4-7,16H2,1-3H3. The summed E-state index contributed by atoms with van der Waals surface area (Å²) >= 11 is 0. The summed E-state index contributed by atoms with van der Waals surface area (Å²) in [5, 5.41) is 0. The van der Waals surface area contributed by atoms with Gasteiger partial charge in [0.1, 0.15) is 5.75 Å². The van der Waals surface area contributed by atoms with Crippen molar-refractivity contribution >= 4 is 11.6 Å². The first kappa shape index (κ1) is 13.7. The lowest BCUT2D eigenvalue weighted by Crippen LogP contribution is -2.36. The summed E-state index contributed by atoms with van der Waals surface area (Å²) in [5.41, 5.74) is 9.02. The van der Waals surface area contributed by atoms with Crippen LogP contribution in [-0.4, -0.2) is 31.0 Å². The van der Waals surface area contributed by atoms with E-state index in [0.717, 1.165) is 37.2 Å². The van der Waals surface area contributed by atoms with Crippen LogP contribution in [0.4, 0.5) is 5.69 Å². The predicted molar refractivity (Wildman–Crippen MR) is 76.4 cm³/mol. The van der Waals surface area contributed by atoms with Gasteiger partial charge in [0.05, 0.1) is 12.8 Å². The van der Waals surface area contributed by atoms with Gasteiger partial charge in [0, 0.05) is 20.0 Å². The van der Waals surface area contributed by atoms with E-state index >= 15 is 0 Å². The molecule has 0 spiro atoms. The number of carbonyl (C=O) groups is 1. The number of nitrogens with zero attached hydrogens (tertiary/aromatic N) is 1. The van der Waals surface area contributed by atoms with Gasteiger partial charge in [0.2, 0.25) is 5.91 Å². The van der Waals surface area contributed by atoms with Crippen molar-refractivity contribution < 1.29 is 9.53 Å². The first-order valence-corrected chi connectivity index (χ1v) is 6.72. The Hall–Kier alpha value is -1.71. The van der Waals surface area contributed by atoms with Gasteiger partial charge in [-0.05, 0) is 42.9 Å². The molecule has 1 heterocycles. The lowest BCUT2D eigenvalue weighted by molar-refractivity contribution is -0.129. The van der Waals surface area contributed by atoms with Crippen LogP contribution in [0.1, 0.15) is 36.8 Å². The fourth-order valence-corrected chi connectivity index (χ4v) is 2.73. The van der Waals surface area contributed by atoms with Crippen LogP contribution in [0.5, 0.6) is 5.75 Å². The predicted octanol–water partition coefficient (Wildman–Crippen LogP) is 2.31. The number of carbonyl (C=O) groups excluding carboxylic acids is 1. The van der Waals surface area contributed by atoms with Gasteiger partial charge in [-0.2, -0.15) is 0 Å². The third-order valence-corrected chi connectivity index (χ3v) is 4.00. The van der Waals surface area contributed by atoms with Crippen LogP contribution in [-0.2, 0) is 4.79 Å². The molecule has 1 aromatic carbocycles. The second kappa shape index (κ2) is 5.51. The molecule has 1 aliphatic rings. The van der Waals surface area contributed by atoms with E-state index in [4.69, 9.17) is 10.5 Å². The first-order valence-electron chi connectivity index (χ1n) is 6.72. The highest BCUT2D eigenvalue weighted by Gasteiger charge is 2.23. The van der Waals surface area contributed by atoms with Crippen molar-refractivity contribution in [2.24, 2.45) is 0 Å². The average Bonchev–Trinajstić information content (AvgIpc) is 2.41. The SMILES string of the molecule is COc1cc(C2CCN(C(C)=O)CC2)cc(C)c1N. The van der Waals surface area contributed by atoms with Gasteiger partial charge in [-0.1, -0.05) is 6.07 Å². The molecule has 1 fully saturated rings. The fraction of sp³-hybridized carbons (Fsp3) is 0.533. The molecule has 4 heteroatoms. The largest absolute Gasteiger partial charge is 0.495 e. The summed E-state index contributed by atoms with van der Waals surface area (Å²) in [6.45, 7) is 5.32. The number of piperidine rings is 1. The van der Waals surface area contributed by atoms with Gasteiger partial charge in [0.25, 0.3) is 0 Å². The molecule has 2 rings (SSSR count). The molecule has 19 heavy (non-hydrogen) atoms. The summed E-state index contributed by atoms with van der Waals surface area (Å²) in [6.07, 6.45) is 2.01. The van der Waals surface area contributed by atoms with Crippen molar-refractivity contribution in [1.29, 1.82) is 0 Å². The van der Waals surface area contributed by atoms with E-state index < -0.39 is 0 Å². The van der Waals surface area contributed by atoms with E-state index in [1.54, 1.807) is 14.0 Å². The maximum atomic E-state index is 11.3. The number of hydrogen-bond donors (Lipinski definition) is 1. The van der Waals surface area contributed by atoms with E-state index in [-0.39, 0.29) is 5.91 Å². The number of amides is 1. The molecule has 0 aromatic heterocycles. The molecule has 0 aliphatic carbocycles. The van der Waals surface area contributed by atoms with Gasteiger partial charge in [-0.15, -0.1) is 0 Å². The number of hydrogen-bond acceptors (Lipinski definition) is 3. The maximum absolute atomic E-state index is 11.3. The van der Waals surface area contributed by atoms with Crippen LogP contribution in [0.3, 0.4) is 0 Å². The number of methoxy groups -OCH3 is 1. The molecule has 4 nitrogen and oxygen atoms in total. The van der Waals surface area contributed by atoms with Crippen molar-refractivity contribution in [1.82, 2.24) is 4.90 Å². The lowest BCUT2D eigenvalue weighted by atomic mass is 9.88. The number of anilines is 1. The van der Waals surface area contributed by atoms with Crippen LogP contribution < -0.4 is 10.5 Å². The molecule has 1 aliphatic heterocycles. The minimum atomic E-state index is 0.171. The zero-order chi connectivity index (χ0) is 14.0. The van der Waals surface area contributed by atoms with Crippen LogP contribution in [0, 0.1) is 6.92 Å². The molecule has 2 N–H and O–H groups in total. The topological polar surface area (TPSA) is 55.6 Å². The summed E-state index contributed by atoms with van der Waals surface area (Å²) in [5.74, 6) is 1.41. The van der Waals surface area contributed by atoms with Gasteiger partial charge < -0.3 is 15.4 Å². The lowest BCUT2D eigenvalue weighted by Gasteiger charge is -2.32. The van der Waals surface area contributed by atoms with E-state index in [1.807, 2.05) is 17.9 Å². The molecule has 0 atom stereocenters. The van der Waals surface area contributed by atoms with Gasteiger partial charge in [0.15, 0.2) is 0 Å². The number of nitrogen functional groups attached to an aromatic ring is 1. The Kier molecular flexibility index (Phi) is 3.98. The highest BCUT2D eigenvalue weighted by atomic mass is 16.5. The Bertz CT molecular complexity index is 477. The molecular formula is C15H22N2O2. The first-order chi connectivity index (χ1) is 9.02. The second-order valence-corrected chi connectivity index (χ2v) is 5.23. The number of rotatable bonds is 2. The molecular weight excluding hydrogens is 240 g/mol. The second-order valence-electron chi connectivity index (χ2n) is 5.23. The number of ether oxygens (including phenoxy) is 1. The molecule has 1 saturated heterocycles. The average molecular weight is 262 g/mol. The van der Waals surface area contributed by atoms with Crippen LogP contribution >= 0.6 is 0 Å². The molecule has 1 amide bonds. The number of nitrogens with two attached hydrogens (primary N) is 1. The highest BCUT2D eigenvalue weighted by Crippen LogP contribution is 2.34. The summed E-state index contributed by atoms with van der Waals surface area (Å²) in [4.78, 5) is 13.2. The van der Waals surface area contributed by atoms with Crippen molar-refractivity contribution in [3.05, 3.63) is 23.3 Å². The number of aryl methyl sites for hydroxylation is 1. The molecule has 1 aromatic rings. The van der Waals surface area contributed by atoms with Crippen LogP contribution in [0.25, 0.3) is 0 Å². The van der Waals surface area contributed by atoms with E-state index in [1.165, 1.54) is 5.56 Å². The minimum Gasteiger partial charge on any atom is -0.495 e. The monoisotopic (exact) mass is 262 g/mol. The van der Waals surface area contributed by atoms with Gasteiger partial charge >= 0.3 is 0 Å². The van der Waals surface area contributed by atoms with Crippen molar-refractivity contribution in [3.63, 3.8) is 0 Å². The van der Waals surface area contributed by atoms with Crippen LogP contribution in [0.15, 0.2) is 12.1 Å². The Balaban J connectivity index is 2.15. The zero-order valence-corrected chi connectivity index (χ0v) is 11.9. The number of benzene rings is 1. The summed E-state index contributed by atoms with van der Waals surface area (Å²) in [6, 6.07) is 4.18. The number of likely N-dealkylation sites (tertiary alicyclic amines) is 1. The molecule has 104 valence electrons. The van der Waals surface area contributed by atoms with Gasteiger partial charge in [-0.25, -0.2) is 0 Å². The smallest absolute Gasteiger partial charge is 0.219 e. The molecule has 0 bridgehead atoms. The Morgan fingerprint density at radius 2 is 2.00 bits per heavy atom. The molecule has 0 unspecified atom stereocenters. The Labute approximate surface area is 114 Å². The molecule has 0 radical (unpaired) electrons. The third kappa shape index (κ3) is 2.83. The van der Waals surface area contributed by atoms with Crippen molar-refractivity contribution in [2.75, 3.05) is 25.9 Å². The Morgan fingerprint density at radius 1 is 1.37 bits per heavy atom. The zero-order valence-electron chi connectivity index (χ0n) is 11.9. The van der Waals surface area contributed by atoms with Crippen molar-refractivity contribution in [3.8, 4) is 5.75 Å². The quantitative estimate of drug-likeness (QED) is 0.832. The van der Waals surface area contributed by atoms with Crippen LogP contribution in [0.2, 0.25) is 0 Å².